The minimum absolute atomic E-state index is 0.160. The fourth-order valence-electron chi connectivity index (χ4n) is 1.05. The van der Waals surface area contributed by atoms with Gasteiger partial charge in [-0.25, -0.2) is 9.59 Å². The topological polar surface area (TPSA) is 71.1 Å². The number of unbranched alkanes of at least 4 members (excludes halogenated alkanes) is 2. The molecule has 6 nitrogen and oxygen atoms in total. The Balaban J connectivity index is 3.29. The summed E-state index contributed by atoms with van der Waals surface area (Å²) in [4.78, 5) is 22.0. The predicted octanol–water partition coefficient (Wildman–Crippen LogP) is 3.28. The number of hydrogen-bond donors (Lipinski definition) is 0. The molecule has 0 heterocycles. The molecule has 112 valence electrons. The first-order chi connectivity index (χ1) is 9.20. The molecule has 0 aliphatic heterocycles. The van der Waals surface area contributed by atoms with Gasteiger partial charge < -0.3 is 18.9 Å². The number of hydrogen-bond acceptors (Lipinski definition) is 6. The van der Waals surface area contributed by atoms with Gasteiger partial charge in [0, 0.05) is 6.42 Å². The zero-order valence-corrected chi connectivity index (χ0v) is 11.8. The summed E-state index contributed by atoms with van der Waals surface area (Å²) in [6, 6.07) is 0. The van der Waals surface area contributed by atoms with Crippen LogP contribution in [0.2, 0.25) is 0 Å². The van der Waals surface area contributed by atoms with Gasteiger partial charge in [0.1, 0.15) is 0 Å². The van der Waals surface area contributed by atoms with Crippen molar-refractivity contribution in [3.63, 3.8) is 0 Å². The van der Waals surface area contributed by atoms with E-state index in [0.29, 0.717) is 19.6 Å². The van der Waals surface area contributed by atoms with E-state index in [1.165, 1.54) is 0 Å². The summed E-state index contributed by atoms with van der Waals surface area (Å²) in [5.41, 5.74) is 0. The van der Waals surface area contributed by atoms with E-state index >= 15 is 0 Å². The standard InChI is InChI=1S/C13H24O6/c1-3-5-8-16-12(14)18-10-7-11-19-13(15)17-9-6-4-2/h3-11H2,1-2H3. The maximum atomic E-state index is 11.0. The molecule has 0 fully saturated rings. The van der Waals surface area contributed by atoms with E-state index in [0.717, 1.165) is 25.7 Å². The van der Waals surface area contributed by atoms with Crippen LogP contribution in [-0.4, -0.2) is 38.7 Å². The van der Waals surface area contributed by atoms with Gasteiger partial charge in [-0.2, -0.15) is 0 Å². The van der Waals surface area contributed by atoms with E-state index in [4.69, 9.17) is 18.9 Å². The Morgan fingerprint density at radius 2 is 0.947 bits per heavy atom. The first-order valence-electron chi connectivity index (χ1n) is 6.79. The first kappa shape index (κ1) is 17.5. The minimum Gasteiger partial charge on any atom is -0.434 e. The molecule has 6 heteroatoms. The summed E-state index contributed by atoms with van der Waals surface area (Å²) in [7, 11) is 0. The number of carbonyl (C=O) groups excluding carboxylic acids is 2. The van der Waals surface area contributed by atoms with Crippen molar-refractivity contribution in [3.05, 3.63) is 0 Å². The van der Waals surface area contributed by atoms with E-state index in [1.54, 1.807) is 0 Å². The Hall–Kier alpha value is -1.46. The molecule has 0 amide bonds. The molecule has 0 N–H and O–H groups in total. The van der Waals surface area contributed by atoms with Gasteiger partial charge >= 0.3 is 12.3 Å². The Morgan fingerprint density at radius 3 is 1.26 bits per heavy atom. The zero-order chi connectivity index (χ0) is 14.3. The molecule has 0 atom stereocenters. The predicted molar refractivity (Wildman–Crippen MR) is 69.0 cm³/mol. The molecule has 0 aromatic heterocycles. The van der Waals surface area contributed by atoms with Crippen molar-refractivity contribution < 1.29 is 28.5 Å². The van der Waals surface area contributed by atoms with Gasteiger partial charge in [0.15, 0.2) is 0 Å². The maximum Gasteiger partial charge on any atom is 0.508 e. The van der Waals surface area contributed by atoms with Crippen LogP contribution < -0.4 is 0 Å². The highest BCUT2D eigenvalue weighted by atomic mass is 16.7. The third-order valence-corrected chi connectivity index (χ3v) is 2.16. The molecular weight excluding hydrogens is 252 g/mol. The normalized spacial score (nSPS) is 9.79. The molecule has 0 rings (SSSR count). The Labute approximate surface area is 114 Å². The smallest absolute Gasteiger partial charge is 0.434 e. The Kier molecular flexibility index (Phi) is 12.0. The fourth-order valence-corrected chi connectivity index (χ4v) is 1.05. The summed E-state index contributed by atoms with van der Waals surface area (Å²) < 4.78 is 19.1. The van der Waals surface area contributed by atoms with E-state index in [2.05, 4.69) is 0 Å². The lowest BCUT2D eigenvalue weighted by Crippen LogP contribution is -2.13. The van der Waals surface area contributed by atoms with Gasteiger partial charge in [0.05, 0.1) is 26.4 Å². The summed E-state index contributed by atoms with van der Waals surface area (Å²) in [6.07, 6.45) is 2.62. The fraction of sp³-hybridized carbons (Fsp3) is 0.846. The lowest BCUT2D eigenvalue weighted by atomic mass is 10.4. The summed E-state index contributed by atoms with van der Waals surface area (Å²) in [5, 5.41) is 0. The van der Waals surface area contributed by atoms with Crippen LogP contribution in [-0.2, 0) is 18.9 Å². The second-order valence-corrected chi connectivity index (χ2v) is 3.95. The molecule has 0 spiro atoms. The lowest BCUT2D eigenvalue weighted by molar-refractivity contribution is 0.0362. The van der Waals surface area contributed by atoms with Crippen LogP contribution in [0.15, 0.2) is 0 Å². The maximum absolute atomic E-state index is 11.0. The van der Waals surface area contributed by atoms with E-state index < -0.39 is 12.3 Å². The molecule has 0 unspecified atom stereocenters. The molecule has 0 saturated heterocycles. The average molecular weight is 276 g/mol. The first-order valence-corrected chi connectivity index (χ1v) is 6.79. The summed E-state index contributed by atoms with van der Waals surface area (Å²) in [6.45, 7) is 5.07. The minimum atomic E-state index is -0.682. The van der Waals surface area contributed by atoms with Crippen LogP contribution in [0.3, 0.4) is 0 Å². The van der Waals surface area contributed by atoms with Crippen molar-refractivity contribution in [1.29, 1.82) is 0 Å². The molecular formula is C13H24O6. The Bertz CT molecular complexity index is 217. The third-order valence-electron chi connectivity index (χ3n) is 2.16. The van der Waals surface area contributed by atoms with Crippen molar-refractivity contribution in [1.82, 2.24) is 0 Å². The largest absolute Gasteiger partial charge is 0.508 e. The van der Waals surface area contributed by atoms with E-state index in [1.807, 2.05) is 13.8 Å². The summed E-state index contributed by atoms with van der Waals surface area (Å²) in [5.74, 6) is 0. The molecule has 0 radical (unpaired) electrons. The van der Waals surface area contributed by atoms with Crippen LogP contribution in [0.5, 0.6) is 0 Å². The van der Waals surface area contributed by atoms with Crippen molar-refractivity contribution >= 4 is 12.3 Å². The van der Waals surface area contributed by atoms with Gasteiger partial charge in [-0.05, 0) is 12.8 Å². The van der Waals surface area contributed by atoms with Gasteiger partial charge in [-0.3, -0.25) is 0 Å². The number of rotatable bonds is 10. The second kappa shape index (κ2) is 13.0. The quantitative estimate of drug-likeness (QED) is 0.450. The van der Waals surface area contributed by atoms with Crippen molar-refractivity contribution in [3.8, 4) is 0 Å². The molecule has 0 aliphatic carbocycles. The average Bonchev–Trinajstić information content (AvgIpc) is 2.39. The number of carbonyl (C=O) groups is 2. The molecule has 0 aromatic carbocycles. The van der Waals surface area contributed by atoms with Crippen LogP contribution in [0.1, 0.15) is 46.0 Å². The van der Waals surface area contributed by atoms with Gasteiger partial charge in [0.2, 0.25) is 0 Å². The molecule has 19 heavy (non-hydrogen) atoms. The third kappa shape index (κ3) is 12.8. The van der Waals surface area contributed by atoms with Gasteiger partial charge in [-0.15, -0.1) is 0 Å². The van der Waals surface area contributed by atoms with Crippen molar-refractivity contribution in [2.45, 2.75) is 46.0 Å². The highest BCUT2D eigenvalue weighted by Gasteiger charge is 2.05. The summed E-state index contributed by atoms with van der Waals surface area (Å²) >= 11 is 0. The van der Waals surface area contributed by atoms with E-state index in [-0.39, 0.29) is 13.2 Å². The molecule has 0 bridgehead atoms. The van der Waals surface area contributed by atoms with Crippen molar-refractivity contribution in [2.75, 3.05) is 26.4 Å². The van der Waals surface area contributed by atoms with Crippen molar-refractivity contribution in [2.24, 2.45) is 0 Å². The molecule has 0 aliphatic rings. The van der Waals surface area contributed by atoms with Crippen LogP contribution in [0.25, 0.3) is 0 Å². The molecule has 0 aromatic rings. The highest BCUT2D eigenvalue weighted by molar-refractivity contribution is 5.60. The van der Waals surface area contributed by atoms with E-state index in [9.17, 15) is 9.59 Å². The monoisotopic (exact) mass is 276 g/mol. The SMILES string of the molecule is CCCCOC(=O)OCCCOC(=O)OCCCC. The van der Waals surface area contributed by atoms with Crippen LogP contribution in [0.4, 0.5) is 9.59 Å². The second-order valence-electron chi connectivity index (χ2n) is 3.95. The highest BCUT2D eigenvalue weighted by Crippen LogP contribution is 1.95. The molecule has 0 saturated carbocycles. The number of ether oxygens (including phenoxy) is 4. The van der Waals surface area contributed by atoms with Gasteiger partial charge in [0.25, 0.3) is 0 Å². The zero-order valence-electron chi connectivity index (χ0n) is 11.8. The Morgan fingerprint density at radius 1 is 0.632 bits per heavy atom. The lowest BCUT2D eigenvalue weighted by Gasteiger charge is -2.07. The van der Waals surface area contributed by atoms with Crippen LogP contribution in [0, 0.1) is 0 Å². The van der Waals surface area contributed by atoms with Crippen LogP contribution >= 0.6 is 0 Å². The van der Waals surface area contributed by atoms with Gasteiger partial charge in [-0.1, -0.05) is 26.7 Å².